The minimum absolute atomic E-state index is 0.230. The van der Waals surface area contributed by atoms with Gasteiger partial charge in [-0.15, -0.1) is 0 Å². The number of nitrogens with zero attached hydrogens (tertiary/aromatic N) is 1. The molecule has 0 aliphatic heterocycles. The first-order chi connectivity index (χ1) is 11.2. The van der Waals surface area contributed by atoms with E-state index in [0.29, 0.717) is 5.56 Å². The molecular weight excluding hydrogens is 340 g/mol. The van der Waals surface area contributed by atoms with Crippen molar-refractivity contribution in [2.75, 3.05) is 14.1 Å². The molecule has 0 unspecified atom stereocenters. The van der Waals surface area contributed by atoms with E-state index < -0.39 is 33.2 Å². The Hall–Kier alpha value is -2.32. The van der Waals surface area contributed by atoms with Crippen molar-refractivity contribution in [3.63, 3.8) is 0 Å². The van der Waals surface area contributed by atoms with Crippen LogP contribution in [0.1, 0.15) is 15.9 Å². The molecule has 0 heterocycles. The Morgan fingerprint density at radius 3 is 2.46 bits per heavy atom. The van der Waals surface area contributed by atoms with Crippen LogP contribution in [0.2, 0.25) is 0 Å². The van der Waals surface area contributed by atoms with Gasteiger partial charge in [0, 0.05) is 14.1 Å². The van der Waals surface area contributed by atoms with Gasteiger partial charge in [-0.2, -0.15) is 0 Å². The lowest BCUT2D eigenvalue weighted by Crippen LogP contribution is -2.22. The van der Waals surface area contributed by atoms with Crippen molar-refractivity contribution in [1.82, 2.24) is 4.31 Å². The van der Waals surface area contributed by atoms with Crippen molar-refractivity contribution >= 4 is 16.0 Å². The van der Waals surface area contributed by atoms with Gasteiger partial charge in [-0.3, -0.25) is 0 Å². The van der Waals surface area contributed by atoms with E-state index in [-0.39, 0.29) is 11.5 Å². The summed E-state index contributed by atoms with van der Waals surface area (Å²) in [7, 11) is -1.17. The molecule has 128 valence electrons. The molecule has 2 rings (SSSR count). The van der Waals surface area contributed by atoms with Gasteiger partial charge in [0.15, 0.2) is 0 Å². The molecule has 24 heavy (non-hydrogen) atoms. The summed E-state index contributed by atoms with van der Waals surface area (Å²) in [5, 5.41) is 0. The second kappa shape index (κ2) is 7.06. The lowest BCUT2D eigenvalue weighted by Gasteiger charge is -2.12. The molecule has 0 aromatic heterocycles. The molecule has 5 nitrogen and oxygen atoms in total. The zero-order valence-electron chi connectivity index (χ0n) is 13.0. The summed E-state index contributed by atoms with van der Waals surface area (Å²) in [5.74, 6) is -2.43. The highest BCUT2D eigenvalue weighted by Gasteiger charge is 2.22. The number of carbonyl (C=O) groups excluding carboxylic acids is 1. The normalized spacial score (nSPS) is 11.5. The first-order valence-electron chi connectivity index (χ1n) is 6.85. The zero-order chi connectivity index (χ0) is 17.9. The molecule has 0 aliphatic rings. The summed E-state index contributed by atoms with van der Waals surface area (Å²) in [6.07, 6.45) is 0. The van der Waals surface area contributed by atoms with Crippen molar-refractivity contribution in [1.29, 1.82) is 0 Å². The smallest absolute Gasteiger partial charge is 0.341 e. The van der Waals surface area contributed by atoms with E-state index in [9.17, 15) is 22.0 Å². The monoisotopic (exact) mass is 355 g/mol. The summed E-state index contributed by atoms with van der Waals surface area (Å²) < 4.78 is 56.9. The second-order valence-electron chi connectivity index (χ2n) is 5.14. The van der Waals surface area contributed by atoms with E-state index in [4.69, 9.17) is 4.74 Å². The fraction of sp³-hybridized carbons (Fsp3) is 0.188. The van der Waals surface area contributed by atoms with Gasteiger partial charge in [0.2, 0.25) is 10.0 Å². The minimum Gasteiger partial charge on any atom is -0.457 e. The first kappa shape index (κ1) is 18.0. The molecule has 8 heteroatoms. The van der Waals surface area contributed by atoms with Crippen LogP contribution in [0, 0.1) is 11.6 Å². The third kappa shape index (κ3) is 3.95. The average molecular weight is 355 g/mol. The maximum Gasteiger partial charge on any atom is 0.341 e. The van der Waals surface area contributed by atoms with E-state index in [2.05, 4.69) is 0 Å². The fourth-order valence-corrected chi connectivity index (χ4v) is 2.81. The Kier molecular flexibility index (Phi) is 5.30. The second-order valence-corrected chi connectivity index (χ2v) is 7.29. The third-order valence-electron chi connectivity index (χ3n) is 3.20. The number of esters is 1. The molecule has 0 spiro atoms. The molecule has 0 saturated heterocycles. The summed E-state index contributed by atoms with van der Waals surface area (Å²) in [6.45, 7) is -0.263. The van der Waals surface area contributed by atoms with Crippen molar-refractivity contribution < 1.29 is 26.7 Å². The van der Waals surface area contributed by atoms with Crippen LogP contribution in [-0.4, -0.2) is 32.8 Å². The maximum atomic E-state index is 13.8. The fourth-order valence-electron chi connectivity index (χ4n) is 1.89. The van der Waals surface area contributed by atoms with Crippen LogP contribution >= 0.6 is 0 Å². The van der Waals surface area contributed by atoms with Gasteiger partial charge in [0.25, 0.3) is 0 Å². The number of rotatable bonds is 5. The van der Waals surface area contributed by atoms with E-state index in [1.807, 2.05) is 0 Å². The molecular formula is C16H15F2NO4S. The van der Waals surface area contributed by atoms with Crippen LogP contribution < -0.4 is 0 Å². The molecule has 0 bridgehead atoms. The van der Waals surface area contributed by atoms with Crippen LogP contribution in [0.15, 0.2) is 47.4 Å². The van der Waals surface area contributed by atoms with Crippen molar-refractivity contribution in [3.05, 3.63) is 65.2 Å². The van der Waals surface area contributed by atoms with Crippen LogP contribution in [-0.2, 0) is 21.4 Å². The van der Waals surface area contributed by atoms with Gasteiger partial charge in [0.1, 0.15) is 18.2 Å². The SMILES string of the molecule is CN(C)S(=O)(=O)c1ccc(F)c(C(=O)OCc2cccc(F)c2)c1. The Bertz CT molecular complexity index is 866. The number of hydrogen-bond donors (Lipinski definition) is 0. The topological polar surface area (TPSA) is 63.7 Å². The molecule has 0 N–H and O–H groups in total. The predicted octanol–water partition coefficient (Wildman–Crippen LogP) is 2.57. The number of halogens is 2. The van der Waals surface area contributed by atoms with Crippen LogP contribution in [0.4, 0.5) is 8.78 Å². The zero-order valence-corrected chi connectivity index (χ0v) is 13.8. The van der Waals surface area contributed by atoms with Crippen LogP contribution in [0.25, 0.3) is 0 Å². The average Bonchev–Trinajstić information content (AvgIpc) is 2.52. The number of sulfonamides is 1. The molecule has 2 aromatic carbocycles. The van der Waals surface area contributed by atoms with E-state index in [1.54, 1.807) is 6.07 Å². The van der Waals surface area contributed by atoms with Gasteiger partial charge >= 0.3 is 5.97 Å². The van der Waals surface area contributed by atoms with Gasteiger partial charge in [-0.1, -0.05) is 12.1 Å². The molecule has 0 saturated carbocycles. The molecule has 0 aliphatic carbocycles. The van der Waals surface area contributed by atoms with Crippen LogP contribution in [0.5, 0.6) is 0 Å². The molecule has 2 aromatic rings. The number of hydrogen-bond acceptors (Lipinski definition) is 4. The van der Waals surface area contributed by atoms with Gasteiger partial charge in [-0.05, 0) is 35.9 Å². The number of benzene rings is 2. The molecule has 0 atom stereocenters. The lowest BCUT2D eigenvalue weighted by molar-refractivity contribution is 0.0466. The van der Waals surface area contributed by atoms with E-state index in [1.165, 1.54) is 32.3 Å². The highest BCUT2D eigenvalue weighted by molar-refractivity contribution is 7.89. The molecule has 0 radical (unpaired) electrons. The highest BCUT2D eigenvalue weighted by atomic mass is 32.2. The van der Waals surface area contributed by atoms with Crippen molar-refractivity contribution in [2.24, 2.45) is 0 Å². The van der Waals surface area contributed by atoms with Crippen LogP contribution in [0.3, 0.4) is 0 Å². The predicted molar refractivity (Wildman–Crippen MR) is 82.8 cm³/mol. The van der Waals surface area contributed by atoms with Gasteiger partial charge in [0.05, 0.1) is 10.5 Å². The standard InChI is InChI=1S/C16H15F2NO4S/c1-19(2)24(21,22)13-6-7-15(18)14(9-13)16(20)23-10-11-4-3-5-12(17)8-11/h3-9H,10H2,1-2H3. The van der Waals surface area contributed by atoms with E-state index in [0.717, 1.165) is 22.5 Å². The third-order valence-corrected chi connectivity index (χ3v) is 5.01. The first-order valence-corrected chi connectivity index (χ1v) is 8.29. The summed E-state index contributed by atoms with van der Waals surface area (Å²) in [6, 6.07) is 8.27. The van der Waals surface area contributed by atoms with Crippen molar-refractivity contribution in [2.45, 2.75) is 11.5 Å². The largest absolute Gasteiger partial charge is 0.457 e. The Morgan fingerprint density at radius 1 is 1.12 bits per heavy atom. The summed E-state index contributed by atoms with van der Waals surface area (Å²) in [5.41, 5.74) is -0.116. The van der Waals surface area contributed by atoms with Crippen molar-refractivity contribution in [3.8, 4) is 0 Å². The Balaban J connectivity index is 2.23. The van der Waals surface area contributed by atoms with E-state index >= 15 is 0 Å². The highest BCUT2D eigenvalue weighted by Crippen LogP contribution is 2.19. The Labute approximate surface area is 138 Å². The van der Waals surface area contributed by atoms with Gasteiger partial charge in [-0.25, -0.2) is 26.3 Å². The maximum absolute atomic E-state index is 13.8. The number of ether oxygens (including phenoxy) is 1. The Morgan fingerprint density at radius 2 is 1.83 bits per heavy atom. The summed E-state index contributed by atoms with van der Waals surface area (Å²) >= 11 is 0. The molecule has 0 fully saturated rings. The minimum atomic E-state index is -3.81. The number of carbonyl (C=O) groups is 1. The molecule has 0 amide bonds. The summed E-state index contributed by atoms with van der Waals surface area (Å²) in [4.78, 5) is 11.8. The lowest BCUT2D eigenvalue weighted by atomic mass is 10.2. The quantitative estimate of drug-likeness (QED) is 0.774. The van der Waals surface area contributed by atoms with Gasteiger partial charge < -0.3 is 4.74 Å².